The second-order valence-electron chi connectivity index (χ2n) is 4.98. The Hall–Kier alpha value is -2.08. The number of hydrogen-bond donors (Lipinski definition) is 1. The molecule has 0 radical (unpaired) electrons. The van der Waals surface area contributed by atoms with Crippen LogP contribution in [0.3, 0.4) is 0 Å². The summed E-state index contributed by atoms with van der Waals surface area (Å²) in [7, 11) is 0. The van der Waals surface area contributed by atoms with E-state index < -0.39 is 0 Å². The second kappa shape index (κ2) is 8.53. The molecule has 1 amide bonds. The Morgan fingerprint density at radius 1 is 1.26 bits per heavy atom. The van der Waals surface area contributed by atoms with E-state index in [2.05, 4.69) is 17.2 Å². The lowest BCUT2D eigenvalue weighted by Crippen LogP contribution is -2.31. The smallest absolute Gasteiger partial charge is 0.258 e. The van der Waals surface area contributed by atoms with Gasteiger partial charge in [-0.15, -0.1) is 11.3 Å². The number of carbonyl (C=O) groups is 1. The molecule has 1 heterocycles. The number of ether oxygens (including phenoxy) is 2. The molecule has 0 aliphatic carbocycles. The summed E-state index contributed by atoms with van der Waals surface area (Å²) >= 11 is 1.61. The first kappa shape index (κ1) is 17.3. The van der Waals surface area contributed by atoms with Gasteiger partial charge in [-0.05, 0) is 32.4 Å². The average Bonchev–Trinajstić information content (AvgIpc) is 3.03. The van der Waals surface area contributed by atoms with Crippen LogP contribution < -0.4 is 14.8 Å². The van der Waals surface area contributed by atoms with Crippen LogP contribution in [0.1, 0.15) is 37.5 Å². The Balaban J connectivity index is 1.87. The summed E-state index contributed by atoms with van der Waals surface area (Å²) in [4.78, 5) is 16.5. The molecule has 6 heteroatoms. The first-order valence-electron chi connectivity index (χ1n) is 7.72. The first-order chi connectivity index (χ1) is 11.1. The highest BCUT2D eigenvalue weighted by Crippen LogP contribution is 2.26. The maximum absolute atomic E-state index is 12.0. The van der Waals surface area contributed by atoms with Crippen LogP contribution in [0, 0.1) is 0 Å². The summed E-state index contributed by atoms with van der Waals surface area (Å²) in [5, 5.41) is 5.95. The zero-order valence-electron chi connectivity index (χ0n) is 13.7. The second-order valence-corrected chi connectivity index (χ2v) is 5.92. The van der Waals surface area contributed by atoms with Crippen LogP contribution in [0.15, 0.2) is 29.6 Å². The Morgan fingerprint density at radius 2 is 1.96 bits per heavy atom. The topological polar surface area (TPSA) is 60.5 Å². The number of nitrogens with one attached hydrogen (secondary N) is 1. The van der Waals surface area contributed by atoms with E-state index in [1.54, 1.807) is 17.4 Å². The van der Waals surface area contributed by atoms with Crippen molar-refractivity contribution < 1.29 is 14.3 Å². The lowest BCUT2D eigenvalue weighted by Gasteiger charge is -2.14. The third-order valence-corrected chi connectivity index (χ3v) is 4.21. The van der Waals surface area contributed by atoms with Crippen molar-refractivity contribution in [3.05, 3.63) is 40.3 Å². The van der Waals surface area contributed by atoms with Crippen molar-refractivity contribution in [2.75, 3.05) is 13.2 Å². The molecule has 1 aromatic heterocycles. The normalized spacial score (nSPS) is 11.8. The standard InChI is InChI=1S/C17H22N2O3S/c1-4-17-19-13(11-23-17)12(3)18-16(20)10-22-15-9-7-6-8-14(15)21-5-2/h6-9,11-12H,4-5,10H2,1-3H3,(H,18,20). The Kier molecular flexibility index (Phi) is 6.40. The Morgan fingerprint density at radius 3 is 2.57 bits per heavy atom. The third kappa shape index (κ3) is 4.96. The van der Waals surface area contributed by atoms with Gasteiger partial charge in [0.1, 0.15) is 0 Å². The van der Waals surface area contributed by atoms with Gasteiger partial charge in [-0.3, -0.25) is 4.79 Å². The molecule has 0 aliphatic rings. The van der Waals surface area contributed by atoms with Crippen LogP contribution in [0.4, 0.5) is 0 Å². The number of nitrogens with zero attached hydrogens (tertiary/aromatic N) is 1. The number of amides is 1. The maximum atomic E-state index is 12.0. The molecule has 1 aromatic carbocycles. The van der Waals surface area contributed by atoms with Gasteiger partial charge in [0, 0.05) is 5.38 Å². The van der Waals surface area contributed by atoms with Crippen LogP contribution in [-0.4, -0.2) is 24.1 Å². The summed E-state index contributed by atoms with van der Waals surface area (Å²) < 4.78 is 11.0. The van der Waals surface area contributed by atoms with Gasteiger partial charge >= 0.3 is 0 Å². The van der Waals surface area contributed by atoms with E-state index in [1.807, 2.05) is 37.4 Å². The van der Waals surface area contributed by atoms with E-state index in [0.29, 0.717) is 18.1 Å². The van der Waals surface area contributed by atoms with Gasteiger partial charge in [-0.25, -0.2) is 4.98 Å². The number of rotatable bonds is 8. The average molecular weight is 334 g/mol. The zero-order chi connectivity index (χ0) is 16.7. The highest BCUT2D eigenvalue weighted by atomic mass is 32.1. The fraction of sp³-hybridized carbons (Fsp3) is 0.412. The third-order valence-electron chi connectivity index (χ3n) is 3.20. The highest BCUT2D eigenvalue weighted by molar-refractivity contribution is 7.09. The van der Waals surface area contributed by atoms with Crippen molar-refractivity contribution in [1.82, 2.24) is 10.3 Å². The maximum Gasteiger partial charge on any atom is 0.258 e. The highest BCUT2D eigenvalue weighted by Gasteiger charge is 2.14. The molecule has 23 heavy (non-hydrogen) atoms. The van der Waals surface area contributed by atoms with Crippen molar-refractivity contribution in [3.8, 4) is 11.5 Å². The molecule has 0 fully saturated rings. The number of carbonyl (C=O) groups excluding carboxylic acids is 1. The monoisotopic (exact) mass is 334 g/mol. The molecule has 1 unspecified atom stereocenters. The molecular weight excluding hydrogens is 312 g/mol. The molecule has 0 bridgehead atoms. The van der Waals surface area contributed by atoms with E-state index >= 15 is 0 Å². The molecule has 2 aromatic rings. The molecule has 1 N–H and O–H groups in total. The predicted octanol–water partition coefficient (Wildman–Crippen LogP) is 3.36. The van der Waals surface area contributed by atoms with Crippen LogP contribution in [-0.2, 0) is 11.2 Å². The molecule has 0 saturated carbocycles. The van der Waals surface area contributed by atoms with Gasteiger partial charge < -0.3 is 14.8 Å². The summed E-state index contributed by atoms with van der Waals surface area (Å²) in [5.74, 6) is 1.02. The summed E-state index contributed by atoms with van der Waals surface area (Å²) in [6, 6.07) is 7.19. The van der Waals surface area contributed by atoms with E-state index in [0.717, 1.165) is 17.1 Å². The van der Waals surface area contributed by atoms with Crippen LogP contribution in [0.25, 0.3) is 0 Å². The lowest BCUT2D eigenvalue weighted by molar-refractivity contribution is -0.123. The summed E-state index contributed by atoms with van der Waals surface area (Å²) in [6.07, 6.45) is 0.905. The van der Waals surface area contributed by atoms with Crippen LogP contribution >= 0.6 is 11.3 Å². The minimum atomic E-state index is -0.185. The fourth-order valence-electron chi connectivity index (χ4n) is 2.03. The molecule has 0 spiro atoms. The minimum absolute atomic E-state index is 0.0563. The quantitative estimate of drug-likeness (QED) is 0.804. The SMILES string of the molecule is CCOc1ccccc1OCC(=O)NC(C)c1csc(CC)n1. The summed E-state index contributed by atoms with van der Waals surface area (Å²) in [5.41, 5.74) is 0.884. The van der Waals surface area contributed by atoms with Crippen molar-refractivity contribution in [2.45, 2.75) is 33.2 Å². The van der Waals surface area contributed by atoms with Crippen molar-refractivity contribution in [3.63, 3.8) is 0 Å². The van der Waals surface area contributed by atoms with Gasteiger partial charge in [-0.2, -0.15) is 0 Å². The Bertz CT molecular complexity index is 642. The predicted molar refractivity (Wildman–Crippen MR) is 91.2 cm³/mol. The van der Waals surface area contributed by atoms with Gasteiger partial charge in [-0.1, -0.05) is 19.1 Å². The first-order valence-corrected chi connectivity index (χ1v) is 8.60. The number of benzene rings is 1. The van der Waals surface area contributed by atoms with E-state index in [-0.39, 0.29) is 18.6 Å². The number of thiazole rings is 1. The van der Waals surface area contributed by atoms with Gasteiger partial charge in [0.05, 0.1) is 23.4 Å². The Labute approximate surface area is 140 Å². The van der Waals surface area contributed by atoms with Crippen LogP contribution in [0.5, 0.6) is 11.5 Å². The van der Waals surface area contributed by atoms with E-state index in [1.165, 1.54) is 0 Å². The number of para-hydroxylation sites is 2. The zero-order valence-corrected chi connectivity index (χ0v) is 14.5. The fourth-order valence-corrected chi connectivity index (χ4v) is 2.87. The van der Waals surface area contributed by atoms with Crippen molar-refractivity contribution >= 4 is 17.2 Å². The van der Waals surface area contributed by atoms with E-state index in [9.17, 15) is 4.79 Å². The molecule has 5 nitrogen and oxygen atoms in total. The molecule has 0 aliphatic heterocycles. The van der Waals surface area contributed by atoms with Crippen molar-refractivity contribution in [2.24, 2.45) is 0 Å². The van der Waals surface area contributed by atoms with Gasteiger partial charge in [0.15, 0.2) is 18.1 Å². The minimum Gasteiger partial charge on any atom is -0.490 e. The molecule has 1 atom stereocenters. The van der Waals surface area contributed by atoms with E-state index in [4.69, 9.17) is 9.47 Å². The largest absolute Gasteiger partial charge is 0.490 e. The van der Waals surface area contributed by atoms with Crippen molar-refractivity contribution in [1.29, 1.82) is 0 Å². The summed E-state index contributed by atoms with van der Waals surface area (Å²) in [6.45, 7) is 6.38. The van der Waals surface area contributed by atoms with Gasteiger partial charge in [0.25, 0.3) is 5.91 Å². The van der Waals surface area contributed by atoms with Gasteiger partial charge in [0.2, 0.25) is 0 Å². The molecular formula is C17H22N2O3S. The van der Waals surface area contributed by atoms with Crippen LogP contribution in [0.2, 0.25) is 0 Å². The number of hydrogen-bond acceptors (Lipinski definition) is 5. The molecule has 124 valence electrons. The number of aryl methyl sites for hydroxylation is 1. The number of aromatic nitrogens is 1. The lowest BCUT2D eigenvalue weighted by atomic mass is 10.2. The molecule has 0 saturated heterocycles. The molecule has 2 rings (SSSR count).